The molecule has 128 valence electrons. The summed E-state index contributed by atoms with van der Waals surface area (Å²) in [6.07, 6.45) is 0. The highest BCUT2D eigenvalue weighted by Gasteiger charge is 2.10. The average Bonchev–Trinajstić information content (AvgIpc) is 2.55. The molecule has 0 radical (unpaired) electrons. The van der Waals surface area contributed by atoms with E-state index in [0.717, 1.165) is 16.9 Å². The zero-order valence-corrected chi connectivity index (χ0v) is 15.1. The third kappa shape index (κ3) is 4.51. The molecule has 0 bridgehead atoms. The van der Waals surface area contributed by atoms with E-state index in [1.165, 1.54) is 5.56 Å². The van der Waals surface area contributed by atoms with Crippen LogP contribution in [0.3, 0.4) is 0 Å². The van der Waals surface area contributed by atoms with E-state index in [1.807, 2.05) is 45.0 Å². The lowest BCUT2D eigenvalue weighted by Crippen LogP contribution is -2.21. The van der Waals surface area contributed by atoms with Crippen molar-refractivity contribution in [1.29, 1.82) is 0 Å². The zero-order valence-electron chi connectivity index (χ0n) is 15.1. The molecule has 0 N–H and O–H groups in total. The van der Waals surface area contributed by atoms with Crippen molar-refractivity contribution in [3.8, 4) is 11.5 Å². The molecule has 0 aromatic heterocycles. The van der Waals surface area contributed by atoms with Crippen molar-refractivity contribution >= 4 is 5.91 Å². The van der Waals surface area contributed by atoms with E-state index in [9.17, 15) is 4.79 Å². The molecule has 2 rings (SSSR count). The van der Waals surface area contributed by atoms with Crippen LogP contribution in [0.25, 0.3) is 0 Å². The molecule has 0 spiro atoms. The number of benzene rings is 2. The molecular formula is C20H25NO3. The van der Waals surface area contributed by atoms with E-state index in [0.29, 0.717) is 24.5 Å². The van der Waals surface area contributed by atoms with Crippen LogP contribution in [0.4, 0.5) is 0 Å². The van der Waals surface area contributed by atoms with Crippen LogP contribution in [0, 0.1) is 20.8 Å². The van der Waals surface area contributed by atoms with Crippen LogP contribution in [0.2, 0.25) is 0 Å². The molecule has 2 aromatic rings. The second-order valence-corrected chi connectivity index (χ2v) is 6.15. The fraction of sp³-hybridized carbons (Fsp3) is 0.350. The van der Waals surface area contributed by atoms with Gasteiger partial charge in [-0.15, -0.1) is 0 Å². The molecule has 1 amide bonds. The number of amides is 1. The Morgan fingerprint density at radius 2 is 1.42 bits per heavy atom. The molecule has 0 aliphatic heterocycles. The van der Waals surface area contributed by atoms with Crippen LogP contribution in [0.1, 0.15) is 27.0 Å². The Morgan fingerprint density at radius 1 is 0.875 bits per heavy atom. The van der Waals surface area contributed by atoms with E-state index in [4.69, 9.17) is 9.47 Å². The van der Waals surface area contributed by atoms with Gasteiger partial charge in [-0.1, -0.05) is 18.2 Å². The fourth-order valence-corrected chi connectivity index (χ4v) is 2.31. The van der Waals surface area contributed by atoms with E-state index >= 15 is 0 Å². The van der Waals surface area contributed by atoms with Crippen molar-refractivity contribution in [2.75, 3.05) is 27.3 Å². The van der Waals surface area contributed by atoms with Crippen LogP contribution in [-0.2, 0) is 0 Å². The van der Waals surface area contributed by atoms with Gasteiger partial charge in [0.25, 0.3) is 5.91 Å². The number of carbonyl (C=O) groups excluding carboxylic acids is 1. The Morgan fingerprint density at radius 3 is 2.00 bits per heavy atom. The number of hydrogen-bond acceptors (Lipinski definition) is 3. The lowest BCUT2D eigenvalue weighted by atomic mass is 10.1. The largest absolute Gasteiger partial charge is 0.490 e. The summed E-state index contributed by atoms with van der Waals surface area (Å²) in [6.45, 7) is 6.91. The van der Waals surface area contributed by atoms with Gasteiger partial charge in [-0.3, -0.25) is 4.79 Å². The average molecular weight is 327 g/mol. The fourth-order valence-electron chi connectivity index (χ4n) is 2.31. The van der Waals surface area contributed by atoms with Crippen LogP contribution >= 0.6 is 0 Å². The maximum absolute atomic E-state index is 12.0. The van der Waals surface area contributed by atoms with Gasteiger partial charge in [-0.05, 0) is 55.7 Å². The summed E-state index contributed by atoms with van der Waals surface area (Å²) in [6, 6.07) is 11.6. The van der Waals surface area contributed by atoms with Gasteiger partial charge in [0.1, 0.15) is 24.7 Å². The molecule has 0 unspecified atom stereocenters. The standard InChI is InChI=1S/C20H25NO3/c1-14-6-7-15(2)18(12-14)23-10-11-24-19-13-17(9-8-16(19)3)20(22)21(4)5/h6-9,12-13H,10-11H2,1-5H3. The molecule has 2 aromatic carbocycles. The molecular weight excluding hydrogens is 302 g/mol. The molecule has 0 fully saturated rings. The van der Waals surface area contributed by atoms with Gasteiger partial charge in [-0.2, -0.15) is 0 Å². The van der Waals surface area contributed by atoms with Gasteiger partial charge < -0.3 is 14.4 Å². The summed E-state index contributed by atoms with van der Waals surface area (Å²) in [4.78, 5) is 13.6. The predicted octanol–water partition coefficient (Wildman–Crippen LogP) is 3.77. The van der Waals surface area contributed by atoms with Crippen molar-refractivity contribution in [3.63, 3.8) is 0 Å². The van der Waals surface area contributed by atoms with Crippen molar-refractivity contribution in [2.45, 2.75) is 20.8 Å². The quantitative estimate of drug-likeness (QED) is 0.758. The monoisotopic (exact) mass is 327 g/mol. The van der Waals surface area contributed by atoms with Gasteiger partial charge in [0.05, 0.1) is 0 Å². The molecule has 0 aliphatic carbocycles. The molecule has 0 saturated heterocycles. The summed E-state index contributed by atoms with van der Waals surface area (Å²) in [7, 11) is 3.47. The number of carbonyl (C=O) groups is 1. The first-order valence-electron chi connectivity index (χ1n) is 8.03. The van der Waals surface area contributed by atoms with Gasteiger partial charge in [0, 0.05) is 19.7 Å². The summed E-state index contributed by atoms with van der Waals surface area (Å²) in [5.74, 6) is 1.56. The summed E-state index contributed by atoms with van der Waals surface area (Å²) >= 11 is 0. The van der Waals surface area contributed by atoms with Crippen molar-refractivity contribution in [3.05, 3.63) is 58.7 Å². The number of aryl methyl sites for hydroxylation is 3. The maximum Gasteiger partial charge on any atom is 0.253 e. The maximum atomic E-state index is 12.0. The topological polar surface area (TPSA) is 38.8 Å². The Bertz CT molecular complexity index is 723. The summed E-state index contributed by atoms with van der Waals surface area (Å²) in [5, 5.41) is 0. The highest BCUT2D eigenvalue weighted by molar-refractivity contribution is 5.94. The van der Waals surface area contributed by atoms with E-state index in [-0.39, 0.29) is 5.91 Å². The Kier molecular flexibility index (Phi) is 5.85. The number of ether oxygens (including phenoxy) is 2. The highest BCUT2D eigenvalue weighted by atomic mass is 16.5. The van der Waals surface area contributed by atoms with E-state index < -0.39 is 0 Å². The van der Waals surface area contributed by atoms with Crippen LogP contribution < -0.4 is 9.47 Å². The first-order valence-corrected chi connectivity index (χ1v) is 8.03. The second-order valence-electron chi connectivity index (χ2n) is 6.15. The molecule has 0 saturated carbocycles. The highest BCUT2D eigenvalue weighted by Crippen LogP contribution is 2.21. The smallest absolute Gasteiger partial charge is 0.253 e. The summed E-state index contributed by atoms with van der Waals surface area (Å²) in [5.41, 5.74) is 3.89. The van der Waals surface area contributed by atoms with Crippen molar-refractivity contribution in [2.24, 2.45) is 0 Å². The van der Waals surface area contributed by atoms with Gasteiger partial charge in [0.2, 0.25) is 0 Å². The molecule has 0 atom stereocenters. The molecule has 4 heteroatoms. The SMILES string of the molecule is Cc1ccc(C)c(OCCOc2cc(C(=O)N(C)C)ccc2C)c1. The van der Waals surface area contributed by atoms with Gasteiger partial charge >= 0.3 is 0 Å². The Labute approximate surface area is 144 Å². The third-order valence-corrected chi connectivity index (χ3v) is 3.78. The number of rotatable bonds is 6. The van der Waals surface area contributed by atoms with E-state index in [2.05, 4.69) is 6.07 Å². The van der Waals surface area contributed by atoms with Gasteiger partial charge in [0.15, 0.2) is 0 Å². The van der Waals surface area contributed by atoms with Crippen LogP contribution in [-0.4, -0.2) is 38.1 Å². The minimum atomic E-state index is -0.0357. The lowest BCUT2D eigenvalue weighted by Gasteiger charge is -2.14. The van der Waals surface area contributed by atoms with Crippen LogP contribution in [0.15, 0.2) is 36.4 Å². The molecule has 24 heavy (non-hydrogen) atoms. The van der Waals surface area contributed by atoms with E-state index in [1.54, 1.807) is 25.1 Å². The minimum Gasteiger partial charge on any atom is -0.490 e. The normalized spacial score (nSPS) is 10.4. The van der Waals surface area contributed by atoms with Gasteiger partial charge in [-0.25, -0.2) is 0 Å². The number of hydrogen-bond donors (Lipinski definition) is 0. The molecule has 4 nitrogen and oxygen atoms in total. The van der Waals surface area contributed by atoms with Crippen LogP contribution in [0.5, 0.6) is 11.5 Å². The third-order valence-electron chi connectivity index (χ3n) is 3.78. The Balaban J connectivity index is 1.95. The first-order chi connectivity index (χ1) is 11.4. The predicted molar refractivity (Wildman–Crippen MR) is 96.1 cm³/mol. The van der Waals surface area contributed by atoms with Crippen molar-refractivity contribution < 1.29 is 14.3 Å². The first kappa shape index (κ1) is 17.9. The Hall–Kier alpha value is -2.49. The molecule has 0 heterocycles. The second kappa shape index (κ2) is 7.86. The summed E-state index contributed by atoms with van der Waals surface area (Å²) < 4.78 is 11.6. The lowest BCUT2D eigenvalue weighted by molar-refractivity contribution is 0.0827. The number of nitrogens with zero attached hydrogens (tertiary/aromatic N) is 1. The van der Waals surface area contributed by atoms with Crippen molar-refractivity contribution in [1.82, 2.24) is 4.90 Å². The zero-order chi connectivity index (χ0) is 17.7. The minimum absolute atomic E-state index is 0.0357. The molecule has 0 aliphatic rings.